The first-order valence-electron chi connectivity index (χ1n) is 5.57. The third-order valence-electron chi connectivity index (χ3n) is 2.22. The van der Waals surface area contributed by atoms with Gasteiger partial charge in [-0.3, -0.25) is 9.59 Å². The van der Waals surface area contributed by atoms with Gasteiger partial charge in [-0.2, -0.15) is 0 Å². The highest BCUT2D eigenvalue weighted by Crippen LogP contribution is 2.23. The maximum absolute atomic E-state index is 11.1. The molecule has 0 bridgehead atoms. The van der Waals surface area contributed by atoms with Crippen LogP contribution in [0.3, 0.4) is 0 Å². The summed E-state index contributed by atoms with van der Waals surface area (Å²) in [5.41, 5.74) is 7.12. The Balaban J connectivity index is 3.06. The largest absolute Gasteiger partial charge is 0.409 e. The lowest BCUT2D eigenvalue weighted by molar-refractivity contribution is -0.115. The van der Waals surface area contributed by atoms with Crippen LogP contribution >= 0.6 is 0 Å². The van der Waals surface area contributed by atoms with Crippen LogP contribution < -0.4 is 16.4 Å². The van der Waals surface area contributed by atoms with Crippen LogP contribution in [0.2, 0.25) is 0 Å². The summed E-state index contributed by atoms with van der Waals surface area (Å²) in [7, 11) is 0. The van der Waals surface area contributed by atoms with Gasteiger partial charge >= 0.3 is 0 Å². The molecule has 0 aliphatic rings. The number of anilines is 2. The lowest BCUT2D eigenvalue weighted by atomic mass is 10.1. The molecule has 0 spiro atoms. The van der Waals surface area contributed by atoms with Crippen molar-refractivity contribution in [3.8, 4) is 0 Å². The minimum Gasteiger partial charge on any atom is -0.409 e. The SMILES string of the molecule is CC(=O)Nc1ccc(C/C(N)=N/O)cc1NC(C)=O. The van der Waals surface area contributed by atoms with Gasteiger partial charge in [0, 0.05) is 20.3 Å². The number of nitrogens with one attached hydrogen (secondary N) is 2. The number of hydrogen-bond donors (Lipinski definition) is 4. The van der Waals surface area contributed by atoms with Crippen LogP contribution in [0.1, 0.15) is 19.4 Å². The topological polar surface area (TPSA) is 117 Å². The molecule has 102 valence electrons. The number of carbonyl (C=O) groups is 2. The molecule has 7 heteroatoms. The van der Waals surface area contributed by atoms with Crippen molar-refractivity contribution in [2.24, 2.45) is 10.9 Å². The standard InChI is InChI=1S/C12H16N4O3/c1-7(17)14-10-4-3-9(6-12(13)16-19)5-11(10)15-8(2)18/h3-5,19H,6H2,1-2H3,(H2,13,16)(H,14,17)(H,15,18). The van der Waals surface area contributed by atoms with E-state index in [4.69, 9.17) is 10.9 Å². The van der Waals surface area contributed by atoms with E-state index in [0.717, 1.165) is 5.56 Å². The number of benzene rings is 1. The summed E-state index contributed by atoms with van der Waals surface area (Å²) < 4.78 is 0. The third kappa shape index (κ3) is 4.66. The van der Waals surface area contributed by atoms with Crippen LogP contribution in [-0.4, -0.2) is 22.9 Å². The second kappa shape index (κ2) is 6.39. The van der Waals surface area contributed by atoms with Crippen LogP contribution in [0.25, 0.3) is 0 Å². The molecular formula is C12H16N4O3. The molecule has 1 aromatic rings. The third-order valence-corrected chi connectivity index (χ3v) is 2.22. The molecule has 19 heavy (non-hydrogen) atoms. The van der Waals surface area contributed by atoms with Gasteiger partial charge in [0.1, 0.15) is 5.84 Å². The van der Waals surface area contributed by atoms with Gasteiger partial charge < -0.3 is 21.6 Å². The number of nitrogens with zero attached hydrogens (tertiary/aromatic N) is 1. The Bertz CT molecular complexity index is 526. The molecule has 5 N–H and O–H groups in total. The molecule has 0 fully saturated rings. The van der Waals surface area contributed by atoms with Gasteiger partial charge in [-0.25, -0.2) is 0 Å². The molecule has 0 aliphatic carbocycles. The molecule has 0 atom stereocenters. The first-order valence-corrected chi connectivity index (χ1v) is 5.57. The van der Waals surface area contributed by atoms with Crippen molar-refractivity contribution < 1.29 is 14.8 Å². The molecule has 1 rings (SSSR count). The zero-order chi connectivity index (χ0) is 14.4. The number of carbonyl (C=O) groups excluding carboxylic acids is 2. The number of oxime groups is 1. The van der Waals surface area contributed by atoms with E-state index in [9.17, 15) is 9.59 Å². The first-order chi connectivity index (χ1) is 8.92. The van der Waals surface area contributed by atoms with Crippen molar-refractivity contribution >= 4 is 29.0 Å². The fraction of sp³-hybridized carbons (Fsp3) is 0.250. The molecule has 0 saturated heterocycles. The molecule has 2 amide bonds. The molecule has 0 heterocycles. The molecular weight excluding hydrogens is 248 g/mol. The molecule has 0 saturated carbocycles. The lowest BCUT2D eigenvalue weighted by Crippen LogP contribution is -2.16. The Morgan fingerprint density at radius 1 is 1.21 bits per heavy atom. The van der Waals surface area contributed by atoms with Crippen molar-refractivity contribution in [2.75, 3.05) is 10.6 Å². The summed E-state index contributed by atoms with van der Waals surface area (Å²) in [5, 5.41) is 16.6. The summed E-state index contributed by atoms with van der Waals surface area (Å²) in [6.45, 7) is 2.75. The molecule has 0 aliphatic heterocycles. The quantitative estimate of drug-likeness (QED) is 0.279. The first kappa shape index (κ1) is 14.5. The van der Waals surface area contributed by atoms with Crippen LogP contribution in [0.5, 0.6) is 0 Å². The molecule has 0 aromatic heterocycles. The zero-order valence-electron chi connectivity index (χ0n) is 10.7. The van der Waals surface area contributed by atoms with Crippen molar-refractivity contribution in [3.05, 3.63) is 23.8 Å². The van der Waals surface area contributed by atoms with Gasteiger partial charge in [-0.15, -0.1) is 0 Å². The van der Waals surface area contributed by atoms with Crippen molar-refractivity contribution in [1.82, 2.24) is 0 Å². The van der Waals surface area contributed by atoms with E-state index in [1.54, 1.807) is 18.2 Å². The molecule has 0 unspecified atom stereocenters. The van der Waals surface area contributed by atoms with Crippen molar-refractivity contribution in [3.63, 3.8) is 0 Å². The predicted octanol–water partition coefficient (Wildman–Crippen LogP) is 0.892. The highest BCUT2D eigenvalue weighted by molar-refractivity contribution is 5.98. The van der Waals surface area contributed by atoms with Gasteiger partial charge in [0.25, 0.3) is 0 Å². The van der Waals surface area contributed by atoms with Crippen LogP contribution in [0.15, 0.2) is 23.4 Å². The summed E-state index contributed by atoms with van der Waals surface area (Å²) in [4.78, 5) is 22.2. The van der Waals surface area contributed by atoms with E-state index in [2.05, 4.69) is 15.8 Å². The van der Waals surface area contributed by atoms with Gasteiger partial charge in [-0.1, -0.05) is 11.2 Å². The average molecular weight is 264 g/mol. The smallest absolute Gasteiger partial charge is 0.221 e. The minimum atomic E-state index is -0.257. The van der Waals surface area contributed by atoms with Gasteiger partial charge in [-0.05, 0) is 17.7 Å². The van der Waals surface area contributed by atoms with Gasteiger partial charge in [0.15, 0.2) is 0 Å². The van der Waals surface area contributed by atoms with Crippen LogP contribution in [0.4, 0.5) is 11.4 Å². The maximum atomic E-state index is 11.1. The minimum absolute atomic E-state index is 0.0565. The monoisotopic (exact) mass is 264 g/mol. The summed E-state index contributed by atoms with van der Waals surface area (Å²) in [6, 6.07) is 5.02. The van der Waals surface area contributed by atoms with E-state index >= 15 is 0 Å². The molecule has 7 nitrogen and oxygen atoms in total. The number of amidine groups is 1. The summed E-state index contributed by atoms with van der Waals surface area (Å²) in [5.74, 6) is -0.440. The van der Waals surface area contributed by atoms with Crippen molar-refractivity contribution in [1.29, 1.82) is 0 Å². The van der Waals surface area contributed by atoms with E-state index in [-0.39, 0.29) is 24.1 Å². The Labute approximate surface area is 110 Å². The predicted molar refractivity (Wildman–Crippen MR) is 72.2 cm³/mol. The highest BCUT2D eigenvalue weighted by Gasteiger charge is 2.08. The molecule has 1 aromatic carbocycles. The lowest BCUT2D eigenvalue weighted by Gasteiger charge is -2.12. The normalized spacial score (nSPS) is 10.9. The Hall–Kier alpha value is -2.57. The van der Waals surface area contributed by atoms with Crippen LogP contribution in [-0.2, 0) is 16.0 Å². The van der Waals surface area contributed by atoms with E-state index in [1.165, 1.54) is 13.8 Å². The molecule has 0 radical (unpaired) electrons. The second-order valence-electron chi connectivity index (χ2n) is 4.01. The van der Waals surface area contributed by atoms with Crippen LogP contribution in [0, 0.1) is 0 Å². The van der Waals surface area contributed by atoms with E-state index in [1.807, 2.05) is 0 Å². The average Bonchev–Trinajstić information content (AvgIpc) is 2.31. The second-order valence-corrected chi connectivity index (χ2v) is 4.01. The summed E-state index contributed by atoms with van der Waals surface area (Å²) >= 11 is 0. The number of nitrogens with two attached hydrogens (primary N) is 1. The fourth-order valence-electron chi connectivity index (χ4n) is 1.54. The number of hydrogen-bond acceptors (Lipinski definition) is 4. The highest BCUT2D eigenvalue weighted by atomic mass is 16.4. The Morgan fingerprint density at radius 2 is 1.79 bits per heavy atom. The van der Waals surface area contributed by atoms with Gasteiger partial charge in [0.2, 0.25) is 11.8 Å². The summed E-state index contributed by atoms with van der Waals surface area (Å²) in [6.07, 6.45) is 0.240. The maximum Gasteiger partial charge on any atom is 0.221 e. The van der Waals surface area contributed by atoms with Crippen molar-refractivity contribution in [2.45, 2.75) is 20.3 Å². The number of rotatable bonds is 4. The Kier molecular flexibility index (Phi) is 4.87. The van der Waals surface area contributed by atoms with E-state index in [0.29, 0.717) is 11.4 Å². The zero-order valence-corrected chi connectivity index (χ0v) is 10.7. The number of amides is 2. The Morgan fingerprint density at radius 3 is 2.32 bits per heavy atom. The fourth-order valence-corrected chi connectivity index (χ4v) is 1.54. The van der Waals surface area contributed by atoms with E-state index < -0.39 is 0 Å². The van der Waals surface area contributed by atoms with Gasteiger partial charge in [0.05, 0.1) is 11.4 Å².